The van der Waals surface area contributed by atoms with Gasteiger partial charge in [-0.15, -0.1) is 6.58 Å². The van der Waals surface area contributed by atoms with Crippen molar-refractivity contribution in [3.8, 4) is 5.75 Å². The third kappa shape index (κ3) is 8.19. The minimum atomic E-state index is -0.560. The van der Waals surface area contributed by atoms with E-state index in [0.717, 1.165) is 31.6 Å². The maximum atomic E-state index is 9.42. The first-order chi connectivity index (χ1) is 11.1. The summed E-state index contributed by atoms with van der Waals surface area (Å²) in [5.74, 6) is 0.927. The number of ether oxygens (including phenoxy) is 1. The number of aryl methyl sites for hydroxylation is 1. The number of nitrogens with two attached hydrogens (primary N) is 1. The number of hydrogen-bond donors (Lipinski definition) is 2. The fourth-order valence-corrected chi connectivity index (χ4v) is 2.57. The molecule has 1 rings (SSSR count). The highest BCUT2D eigenvalue weighted by molar-refractivity contribution is 5.27. The Morgan fingerprint density at radius 1 is 1.17 bits per heavy atom. The highest BCUT2D eigenvalue weighted by atomic mass is 16.5. The predicted molar refractivity (Wildman–Crippen MR) is 97.8 cm³/mol. The van der Waals surface area contributed by atoms with Crippen molar-refractivity contribution < 1.29 is 9.84 Å². The lowest BCUT2D eigenvalue weighted by atomic mass is 9.90. The van der Waals surface area contributed by atoms with Gasteiger partial charge in [-0.25, -0.2) is 0 Å². The van der Waals surface area contributed by atoms with E-state index in [0.29, 0.717) is 6.42 Å². The fraction of sp³-hybridized carbons (Fsp3) is 0.600. The molecule has 0 fully saturated rings. The summed E-state index contributed by atoms with van der Waals surface area (Å²) in [6.45, 7) is 6.71. The van der Waals surface area contributed by atoms with Crippen LogP contribution < -0.4 is 10.5 Å². The molecule has 3 N–H and O–H groups in total. The van der Waals surface area contributed by atoms with E-state index in [1.54, 1.807) is 6.08 Å². The molecule has 0 heterocycles. The Morgan fingerprint density at radius 3 is 2.48 bits per heavy atom. The molecule has 0 spiro atoms. The maximum Gasteiger partial charge on any atom is 0.119 e. The summed E-state index contributed by atoms with van der Waals surface area (Å²) in [7, 11) is 0. The topological polar surface area (TPSA) is 55.5 Å². The summed E-state index contributed by atoms with van der Waals surface area (Å²) in [6, 6.07) is 8.20. The molecule has 1 aromatic carbocycles. The summed E-state index contributed by atoms with van der Waals surface area (Å²) >= 11 is 0. The first-order valence-corrected chi connectivity index (χ1v) is 8.86. The first-order valence-electron chi connectivity index (χ1n) is 8.86. The molecule has 1 aromatic rings. The molecule has 0 aliphatic carbocycles. The Hall–Kier alpha value is -1.32. The van der Waals surface area contributed by atoms with Crippen molar-refractivity contribution in [3.63, 3.8) is 0 Å². The van der Waals surface area contributed by atoms with Crippen molar-refractivity contribution in [3.05, 3.63) is 42.5 Å². The zero-order valence-electron chi connectivity index (χ0n) is 14.6. The molecule has 0 aliphatic rings. The van der Waals surface area contributed by atoms with Gasteiger partial charge in [-0.05, 0) is 43.4 Å². The highest BCUT2D eigenvalue weighted by Gasteiger charge is 2.21. The zero-order valence-corrected chi connectivity index (χ0v) is 14.6. The first kappa shape index (κ1) is 19.7. The van der Waals surface area contributed by atoms with E-state index in [-0.39, 0.29) is 6.61 Å². The summed E-state index contributed by atoms with van der Waals surface area (Å²) < 4.78 is 5.77. The SMILES string of the molecule is C=CCC(N)(CO)CCc1ccc(OCCCCCCC)cc1. The molecule has 23 heavy (non-hydrogen) atoms. The van der Waals surface area contributed by atoms with Gasteiger partial charge in [-0.2, -0.15) is 0 Å². The van der Waals surface area contributed by atoms with Crippen molar-refractivity contribution in [2.24, 2.45) is 5.73 Å². The van der Waals surface area contributed by atoms with Crippen LogP contribution in [0.1, 0.15) is 57.4 Å². The fourth-order valence-electron chi connectivity index (χ4n) is 2.57. The minimum Gasteiger partial charge on any atom is -0.494 e. The standard InChI is InChI=1S/C20H33NO2/c1-3-5-6-7-8-16-23-19-11-9-18(10-12-19)13-15-20(21,17-22)14-4-2/h4,9-12,22H,2-3,5-8,13-17,21H2,1H3. The van der Waals surface area contributed by atoms with Crippen molar-refractivity contribution in [1.82, 2.24) is 0 Å². The van der Waals surface area contributed by atoms with E-state index in [2.05, 4.69) is 25.6 Å². The van der Waals surface area contributed by atoms with Crippen molar-refractivity contribution in [2.75, 3.05) is 13.2 Å². The van der Waals surface area contributed by atoms with Gasteiger partial charge < -0.3 is 15.6 Å². The van der Waals surface area contributed by atoms with Crippen LogP contribution in [-0.2, 0) is 6.42 Å². The van der Waals surface area contributed by atoms with Gasteiger partial charge in [-0.3, -0.25) is 0 Å². The van der Waals surface area contributed by atoms with E-state index in [4.69, 9.17) is 10.5 Å². The van der Waals surface area contributed by atoms with Crippen LogP contribution in [0.3, 0.4) is 0 Å². The molecule has 0 aromatic heterocycles. The van der Waals surface area contributed by atoms with Crippen LogP contribution >= 0.6 is 0 Å². The van der Waals surface area contributed by atoms with Gasteiger partial charge in [0.15, 0.2) is 0 Å². The van der Waals surface area contributed by atoms with Gasteiger partial charge in [0.05, 0.1) is 13.2 Å². The summed E-state index contributed by atoms with van der Waals surface area (Å²) in [6.07, 6.45) is 10.2. The van der Waals surface area contributed by atoms with E-state index in [9.17, 15) is 5.11 Å². The number of unbranched alkanes of at least 4 members (excludes halogenated alkanes) is 4. The van der Waals surface area contributed by atoms with Gasteiger partial charge in [0.1, 0.15) is 5.75 Å². The van der Waals surface area contributed by atoms with Gasteiger partial charge in [-0.1, -0.05) is 50.8 Å². The third-order valence-corrected chi connectivity index (χ3v) is 4.22. The number of rotatable bonds is 13. The molecular formula is C20H33NO2. The van der Waals surface area contributed by atoms with E-state index >= 15 is 0 Å². The lowest BCUT2D eigenvalue weighted by molar-refractivity contribution is 0.188. The molecule has 0 bridgehead atoms. The largest absolute Gasteiger partial charge is 0.494 e. The maximum absolute atomic E-state index is 9.42. The van der Waals surface area contributed by atoms with Crippen LogP contribution in [0.4, 0.5) is 0 Å². The number of aliphatic hydroxyl groups is 1. The molecule has 3 heteroatoms. The van der Waals surface area contributed by atoms with Crippen molar-refractivity contribution in [1.29, 1.82) is 0 Å². The monoisotopic (exact) mass is 319 g/mol. The average molecular weight is 319 g/mol. The quantitative estimate of drug-likeness (QED) is 0.422. The van der Waals surface area contributed by atoms with Crippen LogP contribution in [0.15, 0.2) is 36.9 Å². The molecule has 0 saturated carbocycles. The summed E-state index contributed by atoms with van der Waals surface area (Å²) in [5, 5.41) is 9.42. The number of aliphatic hydroxyl groups excluding tert-OH is 1. The van der Waals surface area contributed by atoms with Crippen LogP contribution in [0.2, 0.25) is 0 Å². The van der Waals surface area contributed by atoms with E-state index < -0.39 is 5.54 Å². The molecule has 1 atom stereocenters. The van der Waals surface area contributed by atoms with Crippen LogP contribution in [0.5, 0.6) is 5.75 Å². The molecule has 0 radical (unpaired) electrons. The second-order valence-corrected chi connectivity index (χ2v) is 6.42. The lowest BCUT2D eigenvalue weighted by Gasteiger charge is -2.25. The number of hydrogen-bond acceptors (Lipinski definition) is 3. The van der Waals surface area contributed by atoms with E-state index in [1.165, 1.54) is 31.2 Å². The van der Waals surface area contributed by atoms with Gasteiger partial charge in [0.2, 0.25) is 0 Å². The molecule has 3 nitrogen and oxygen atoms in total. The molecular weight excluding hydrogens is 286 g/mol. The van der Waals surface area contributed by atoms with Gasteiger partial charge in [0.25, 0.3) is 0 Å². The molecule has 130 valence electrons. The normalized spacial score (nSPS) is 13.5. The zero-order chi connectivity index (χ0) is 17.0. The van der Waals surface area contributed by atoms with Crippen molar-refractivity contribution >= 4 is 0 Å². The second kappa shape index (κ2) is 11.3. The molecule has 0 aliphatic heterocycles. The Morgan fingerprint density at radius 2 is 1.87 bits per heavy atom. The Kier molecular flexibility index (Phi) is 9.65. The molecule has 0 saturated heterocycles. The predicted octanol–water partition coefficient (Wildman–Crippen LogP) is 4.23. The number of benzene rings is 1. The molecule has 1 unspecified atom stereocenters. The third-order valence-electron chi connectivity index (χ3n) is 4.22. The van der Waals surface area contributed by atoms with E-state index in [1.807, 2.05) is 12.1 Å². The van der Waals surface area contributed by atoms with Gasteiger partial charge >= 0.3 is 0 Å². The highest BCUT2D eigenvalue weighted by Crippen LogP contribution is 2.18. The summed E-state index contributed by atoms with van der Waals surface area (Å²) in [4.78, 5) is 0. The minimum absolute atomic E-state index is 0.0156. The molecule has 0 amide bonds. The second-order valence-electron chi connectivity index (χ2n) is 6.42. The average Bonchev–Trinajstić information content (AvgIpc) is 2.57. The van der Waals surface area contributed by atoms with Gasteiger partial charge in [0, 0.05) is 5.54 Å². The van der Waals surface area contributed by atoms with Crippen molar-refractivity contribution in [2.45, 2.75) is 63.8 Å². The van der Waals surface area contributed by atoms with Crippen LogP contribution in [-0.4, -0.2) is 23.9 Å². The van der Waals surface area contributed by atoms with Crippen LogP contribution in [0.25, 0.3) is 0 Å². The Balaban J connectivity index is 2.31. The Labute approximate surface area is 141 Å². The lowest BCUT2D eigenvalue weighted by Crippen LogP contribution is -2.43. The van der Waals surface area contributed by atoms with Crippen LogP contribution in [0, 0.1) is 0 Å². The summed E-state index contributed by atoms with van der Waals surface area (Å²) in [5.41, 5.74) is 6.81. The Bertz CT molecular complexity index is 430. The smallest absolute Gasteiger partial charge is 0.119 e.